The van der Waals surface area contributed by atoms with E-state index in [0.29, 0.717) is 6.42 Å². The molecular weight excluding hydrogens is 276 g/mol. The van der Waals surface area contributed by atoms with E-state index < -0.39 is 0 Å². The smallest absolute Gasteiger partial charge is 0.313 e. The second-order valence-electron chi connectivity index (χ2n) is 6.17. The second-order valence-corrected chi connectivity index (χ2v) is 6.17. The van der Waals surface area contributed by atoms with Crippen molar-refractivity contribution in [2.24, 2.45) is 5.92 Å². The predicted molar refractivity (Wildman–Crippen MR) is 86.5 cm³/mol. The van der Waals surface area contributed by atoms with Gasteiger partial charge in [-0.05, 0) is 24.8 Å². The van der Waals surface area contributed by atoms with Crippen molar-refractivity contribution < 1.29 is 14.3 Å². The lowest BCUT2D eigenvalue weighted by Gasteiger charge is -2.30. The molecule has 2 rings (SSSR count). The predicted octanol–water partition coefficient (Wildman–Crippen LogP) is 4.09. The average molecular weight is 302 g/mol. The topological polar surface area (TPSA) is 43.4 Å². The van der Waals surface area contributed by atoms with Crippen molar-refractivity contribution in [3.8, 4) is 0 Å². The Balaban J connectivity index is 1.93. The van der Waals surface area contributed by atoms with Gasteiger partial charge in [-0.1, -0.05) is 62.9 Å². The fourth-order valence-electron chi connectivity index (χ4n) is 3.10. The van der Waals surface area contributed by atoms with Gasteiger partial charge in [0, 0.05) is 0 Å². The van der Waals surface area contributed by atoms with Crippen molar-refractivity contribution in [1.29, 1.82) is 0 Å². The van der Waals surface area contributed by atoms with Crippen LogP contribution in [0.4, 0.5) is 0 Å². The summed E-state index contributed by atoms with van der Waals surface area (Å²) >= 11 is 0. The maximum absolute atomic E-state index is 12.3. The third kappa shape index (κ3) is 4.97. The summed E-state index contributed by atoms with van der Waals surface area (Å²) < 4.78 is 5.49. The molecular formula is C19H26O3. The molecule has 1 aromatic carbocycles. The molecule has 0 N–H and O–H groups in total. The number of benzene rings is 1. The van der Waals surface area contributed by atoms with E-state index in [1.807, 2.05) is 30.3 Å². The summed E-state index contributed by atoms with van der Waals surface area (Å²) in [5, 5.41) is 0. The summed E-state index contributed by atoms with van der Waals surface area (Å²) in [6, 6.07) is 9.99. The molecule has 3 nitrogen and oxygen atoms in total. The number of carbonyl (C=O) groups excluding carboxylic acids is 2. The van der Waals surface area contributed by atoms with Crippen molar-refractivity contribution in [3.05, 3.63) is 35.9 Å². The molecule has 1 fully saturated rings. The highest BCUT2D eigenvalue weighted by Gasteiger charge is 2.36. The van der Waals surface area contributed by atoms with E-state index in [4.69, 9.17) is 4.74 Å². The Kier molecular flexibility index (Phi) is 6.63. The third-order valence-electron chi connectivity index (χ3n) is 4.35. The Morgan fingerprint density at radius 1 is 1.05 bits per heavy atom. The van der Waals surface area contributed by atoms with Crippen molar-refractivity contribution in [3.63, 3.8) is 0 Å². The first kappa shape index (κ1) is 16.7. The van der Waals surface area contributed by atoms with Gasteiger partial charge in [0.1, 0.15) is 12.5 Å². The molecule has 1 aliphatic heterocycles. The number of rotatable bonds is 8. The highest BCUT2D eigenvalue weighted by atomic mass is 16.5. The Morgan fingerprint density at radius 2 is 1.77 bits per heavy atom. The second kappa shape index (κ2) is 8.72. The maximum Gasteiger partial charge on any atom is 0.313 e. The zero-order valence-electron chi connectivity index (χ0n) is 13.4. The molecule has 0 radical (unpaired) electrons. The first-order valence-corrected chi connectivity index (χ1v) is 8.47. The molecule has 0 aromatic heterocycles. The van der Waals surface area contributed by atoms with Crippen LogP contribution in [0.25, 0.3) is 0 Å². The van der Waals surface area contributed by atoms with Gasteiger partial charge in [-0.2, -0.15) is 0 Å². The minimum atomic E-state index is -0.354. The summed E-state index contributed by atoms with van der Waals surface area (Å²) in [5.74, 6) is -0.488. The molecule has 0 amide bonds. The molecule has 0 bridgehead atoms. The van der Waals surface area contributed by atoms with Gasteiger partial charge in [-0.3, -0.25) is 9.59 Å². The lowest BCUT2D eigenvalue weighted by molar-refractivity contribution is -0.163. The number of hydrogen-bond acceptors (Lipinski definition) is 3. The van der Waals surface area contributed by atoms with Crippen molar-refractivity contribution in [1.82, 2.24) is 0 Å². The molecule has 0 unspecified atom stereocenters. The minimum Gasteiger partial charge on any atom is -0.461 e. The first-order chi connectivity index (χ1) is 10.7. The molecule has 0 spiro atoms. The van der Waals surface area contributed by atoms with Gasteiger partial charge < -0.3 is 4.74 Å². The number of Topliss-reactive ketones (excluding diaryl/α,β-unsaturated/α-hetero) is 1. The lowest BCUT2D eigenvalue weighted by atomic mass is 9.84. The van der Waals surface area contributed by atoms with E-state index in [1.54, 1.807) is 0 Å². The standard InChI is InChI=1S/C19H26O3/c1-2-3-4-5-9-12-18-16(17(20)14-19(21)22-18)13-15-10-7-6-8-11-15/h6-8,10-11,16,18H,2-5,9,12-14H2,1H3/t16-,18+/m1/s1. The zero-order valence-corrected chi connectivity index (χ0v) is 13.4. The van der Waals surface area contributed by atoms with Crippen LogP contribution in [-0.2, 0) is 20.7 Å². The first-order valence-electron chi connectivity index (χ1n) is 8.47. The average Bonchev–Trinajstić information content (AvgIpc) is 2.51. The van der Waals surface area contributed by atoms with Crippen LogP contribution in [0.1, 0.15) is 57.4 Å². The number of cyclic esters (lactones) is 1. The molecule has 1 aromatic rings. The van der Waals surface area contributed by atoms with Gasteiger partial charge >= 0.3 is 5.97 Å². The fourth-order valence-corrected chi connectivity index (χ4v) is 3.10. The van der Waals surface area contributed by atoms with Crippen molar-refractivity contribution in [2.45, 2.75) is 64.4 Å². The summed E-state index contributed by atoms with van der Waals surface area (Å²) in [6.07, 6.45) is 7.02. The molecule has 3 heteroatoms. The van der Waals surface area contributed by atoms with Gasteiger partial charge in [-0.15, -0.1) is 0 Å². The SMILES string of the molecule is CCCCCCC[C@@H]1OC(=O)CC(=O)[C@H]1Cc1ccccc1. The molecule has 0 saturated carbocycles. The Hall–Kier alpha value is -1.64. The number of hydrogen-bond donors (Lipinski definition) is 0. The van der Waals surface area contributed by atoms with E-state index in [-0.39, 0.29) is 30.2 Å². The van der Waals surface area contributed by atoms with Crippen LogP contribution in [0.2, 0.25) is 0 Å². The van der Waals surface area contributed by atoms with Crippen LogP contribution in [0.5, 0.6) is 0 Å². The molecule has 2 atom stereocenters. The quantitative estimate of drug-likeness (QED) is 0.413. The number of unbranched alkanes of at least 4 members (excludes halogenated alkanes) is 4. The zero-order chi connectivity index (χ0) is 15.8. The largest absolute Gasteiger partial charge is 0.461 e. The molecule has 0 aliphatic carbocycles. The van der Waals surface area contributed by atoms with Crippen LogP contribution >= 0.6 is 0 Å². The lowest BCUT2D eigenvalue weighted by Crippen LogP contribution is -2.40. The Morgan fingerprint density at radius 3 is 2.50 bits per heavy atom. The van der Waals surface area contributed by atoms with Crippen LogP contribution in [0, 0.1) is 5.92 Å². The monoisotopic (exact) mass is 302 g/mol. The van der Waals surface area contributed by atoms with E-state index in [9.17, 15) is 9.59 Å². The van der Waals surface area contributed by atoms with Gasteiger partial charge in [0.15, 0.2) is 5.78 Å². The molecule has 1 saturated heterocycles. The normalized spacial score (nSPS) is 21.7. The highest BCUT2D eigenvalue weighted by molar-refractivity contribution is 5.99. The van der Waals surface area contributed by atoms with Crippen LogP contribution in [0.3, 0.4) is 0 Å². The van der Waals surface area contributed by atoms with Crippen LogP contribution < -0.4 is 0 Å². The number of ketones is 1. The van der Waals surface area contributed by atoms with Gasteiger partial charge in [-0.25, -0.2) is 0 Å². The summed E-state index contributed by atoms with van der Waals surface area (Å²) in [5.41, 5.74) is 1.13. The molecule has 120 valence electrons. The van der Waals surface area contributed by atoms with E-state index in [1.165, 1.54) is 19.3 Å². The highest BCUT2D eigenvalue weighted by Crippen LogP contribution is 2.26. The van der Waals surface area contributed by atoms with E-state index >= 15 is 0 Å². The minimum absolute atomic E-state index is 0.0404. The molecule has 22 heavy (non-hydrogen) atoms. The third-order valence-corrected chi connectivity index (χ3v) is 4.35. The van der Waals surface area contributed by atoms with Gasteiger partial charge in [0.2, 0.25) is 0 Å². The van der Waals surface area contributed by atoms with Gasteiger partial charge in [0.05, 0.1) is 5.92 Å². The number of esters is 1. The summed E-state index contributed by atoms with van der Waals surface area (Å²) in [7, 11) is 0. The van der Waals surface area contributed by atoms with Crippen molar-refractivity contribution >= 4 is 11.8 Å². The van der Waals surface area contributed by atoms with E-state index in [0.717, 1.165) is 24.8 Å². The summed E-state index contributed by atoms with van der Waals surface area (Å²) in [4.78, 5) is 23.8. The summed E-state index contributed by atoms with van der Waals surface area (Å²) in [6.45, 7) is 2.19. The van der Waals surface area contributed by atoms with Crippen molar-refractivity contribution in [2.75, 3.05) is 0 Å². The van der Waals surface area contributed by atoms with E-state index in [2.05, 4.69) is 6.92 Å². The van der Waals surface area contributed by atoms with Crippen LogP contribution in [0.15, 0.2) is 30.3 Å². The fraction of sp³-hybridized carbons (Fsp3) is 0.579. The molecule has 1 heterocycles. The molecule has 1 aliphatic rings. The number of carbonyl (C=O) groups is 2. The Bertz CT molecular complexity index is 481. The maximum atomic E-state index is 12.3. The Labute approximate surface area is 133 Å². The number of ether oxygens (including phenoxy) is 1. The van der Waals surface area contributed by atoms with Gasteiger partial charge in [0.25, 0.3) is 0 Å². The van der Waals surface area contributed by atoms with Crippen LogP contribution in [-0.4, -0.2) is 17.9 Å².